The molecule has 0 saturated heterocycles. The normalized spacial score (nSPS) is 12.0. The zero-order valence-corrected chi connectivity index (χ0v) is 14.8. The summed E-state index contributed by atoms with van der Waals surface area (Å²) < 4.78 is 22.0. The van der Waals surface area contributed by atoms with Crippen LogP contribution in [0.5, 0.6) is 5.75 Å². The predicted molar refractivity (Wildman–Crippen MR) is 105 cm³/mol. The molecule has 4 aromatic rings. The predicted octanol–water partition coefficient (Wildman–Crippen LogP) is 4.60. The van der Waals surface area contributed by atoms with Gasteiger partial charge < -0.3 is 4.74 Å². The number of hydrogen-bond donors (Lipinski definition) is 0. The Labute approximate surface area is 160 Å². The van der Waals surface area contributed by atoms with Crippen molar-refractivity contribution in [3.8, 4) is 33.8 Å². The first kappa shape index (κ1) is 16.4. The molecular weight excluding hydrogens is 355 g/mol. The molecule has 0 N–H and O–H groups in total. The van der Waals surface area contributed by atoms with Gasteiger partial charge >= 0.3 is 0 Å². The highest BCUT2D eigenvalue weighted by atomic mass is 19.1. The maximum absolute atomic E-state index is 14.5. The van der Waals surface area contributed by atoms with Gasteiger partial charge in [0.25, 0.3) is 5.56 Å². The van der Waals surface area contributed by atoms with Gasteiger partial charge in [0.05, 0.1) is 11.3 Å². The van der Waals surface area contributed by atoms with Crippen LogP contribution in [0.1, 0.15) is 5.69 Å². The molecule has 0 radical (unpaired) electrons. The van der Waals surface area contributed by atoms with Crippen molar-refractivity contribution in [2.24, 2.45) is 0 Å². The molecule has 0 spiro atoms. The lowest BCUT2D eigenvalue weighted by molar-refractivity contribution is 0.292. The summed E-state index contributed by atoms with van der Waals surface area (Å²) in [7, 11) is 0. The van der Waals surface area contributed by atoms with E-state index in [1.165, 1.54) is 6.07 Å². The third-order valence-electron chi connectivity index (χ3n) is 4.87. The fourth-order valence-electron chi connectivity index (χ4n) is 3.58. The number of benzene rings is 2. The second-order valence-electron chi connectivity index (χ2n) is 6.51. The first-order chi connectivity index (χ1) is 13.7. The second kappa shape index (κ2) is 6.46. The fraction of sp³-hybridized carbons (Fsp3) is 0.0435. The Kier molecular flexibility index (Phi) is 3.79. The van der Waals surface area contributed by atoms with Crippen LogP contribution in [0.3, 0.4) is 0 Å². The van der Waals surface area contributed by atoms with E-state index < -0.39 is 5.82 Å². The van der Waals surface area contributed by atoms with Crippen molar-refractivity contribution in [1.29, 1.82) is 0 Å². The number of hydrogen-bond acceptors (Lipinski definition) is 3. The van der Waals surface area contributed by atoms with Crippen LogP contribution < -0.4 is 10.3 Å². The van der Waals surface area contributed by atoms with Crippen molar-refractivity contribution >= 4 is 0 Å². The van der Waals surface area contributed by atoms with E-state index in [1.807, 2.05) is 36.4 Å². The number of fused-ring (bicyclic) bond motifs is 3. The van der Waals surface area contributed by atoms with Gasteiger partial charge in [0.15, 0.2) is 0 Å². The number of halogens is 1. The first-order valence-electron chi connectivity index (χ1n) is 8.91. The summed E-state index contributed by atoms with van der Waals surface area (Å²) in [5.74, 6) is 0.209. The lowest BCUT2D eigenvalue weighted by atomic mass is 9.99. The third-order valence-corrected chi connectivity index (χ3v) is 4.87. The van der Waals surface area contributed by atoms with Crippen molar-refractivity contribution in [1.82, 2.24) is 9.55 Å². The maximum atomic E-state index is 14.5. The number of rotatable bonds is 2. The highest BCUT2D eigenvalue weighted by Gasteiger charge is 2.25. The van der Waals surface area contributed by atoms with Gasteiger partial charge in [-0.25, -0.2) is 4.39 Å². The lowest BCUT2D eigenvalue weighted by Crippen LogP contribution is -2.27. The smallest absolute Gasteiger partial charge is 0.263 e. The summed E-state index contributed by atoms with van der Waals surface area (Å²) in [6, 6.07) is 21.0. The van der Waals surface area contributed by atoms with Gasteiger partial charge in [-0.1, -0.05) is 36.4 Å². The molecule has 3 heterocycles. The summed E-state index contributed by atoms with van der Waals surface area (Å²) in [5.41, 5.74) is 3.07. The summed E-state index contributed by atoms with van der Waals surface area (Å²) >= 11 is 0. The van der Waals surface area contributed by atoms with Crippen LogP contribution >= 0.6 is 0 Å². The Morgan fingerprint density at radius 3 is 2.50 bits per heavy atom. The van der Waals surface area contributed by atoms with E-state index in [-0.39, 0.29) is 17.7 Å². The van der Waals surface area contributed by atoms with Gasteiger partial charge in [0, 0.05) is 23.0 Å². The zero-order valence-electron chi connectivity index (χ0n) is 14.8. The van der Waals surface area contributed by atoms with Crippen LogP contribution in [-0.2, 0) is 6.61 Å². The summed E-state index contributed by atoms with van der Waals surface area (Å²) in [6.45, 7) is 0.232. The molecule has 136 valence electrons. The van der Waals surface area contributed by atoms with Crippen LogP contribution in [0.4, 0.5) is 4.39 Å². The Hall–Kier alpha value is -3.73. The second-order valence-corrected chi connectivity index (χ2v) is 6.51. The van der Waals surface area contributed by atoms with Crippen molar-refractivity contribution in [2.45, 2.75) is 6.61 Å². The highest BCUT2D eigenvalue weighted by molar-refractivity contribution is 5.77. The molecule has 1 aliphatic rings. The zero-order chi connectivity index (χ0) is 19.1. The van der Waals surface area contributed by atoms with Gasteiger partial charge in [-0.15, -0.1) is 0 Å². The quantitative estimate of drug-likeness (QED) is 0.518. The van der Waals surface area contributed by atoms with Crippen LogP contribution in [0.15, 0.2) is 83.8 Å². The van der Waals surface area contributed by atoms with Crippen LogP contribution in [-0.4, -0.2) is 9.55 Å². The average molecular weight is 370 g/mol. The standard InChI is InChI=1S/C23H15FN2O2/c24-19-10-5-4-9-16(19)17-13-18-20(14-28-21-11-6-12-25-22(18)21)26(23(17)27)15-7-2-1-3-8-15/h1-13H,14H2. The van der Waals surface area contributed by atoms with Crippen LogP contribution in [0, 0.1) is 5.82 Å². The molecule has 0 fully saturated rings. The van der Waals surface area contributed by atoms with Crippen LogP contribution in [0.2, 0.25) is 0 Å². The van der Waals surface area contributed by atoms with E-state index in [0.717, 1.165) is 5.56 Å². The molecule has 0 unspecified atom stereocenters. The molecular formula is C23H15FN2O2. The first-order valence-corrected chi connectivity index (χ1v) is 8.91. The monoisotopic (exact) mass is 370 g/mol. The van der Waals surface area contributed by atoms with Gasteiger partial charge in [0.2, 0.25) is 0 Å². The summed E-state index contributed by atoms with van der Waals surface area (Å²) in [4.78, 5) is 17.9. The van der Waals surface area contributed by atoms with E-state index in [2.05, 4.69) is 4.98 Å². The minimum atomic E-state index is -0.438. The number of pyridine rings is 2. The van der Waals surface area contributed by atoms with Crippen molar-refractivity contribution in [2.75, 3.05) is 0 Å². The molecule has 1 aliphatic heterocycles. The number of aromatic nitrogens is 2. The minimum absolute atomic E-state index is 0.232. The topological polar surface area (TPSA) is 44.1 Å². The van der Waals surface area contributed by atoms with E-state index in [4.69, 9.17) is 4.74 Å². The molecule has 0 atom stereocenters. The Morgan fingerprint density at radius 2 is 1.68 bits per heavy atom. The Morgan fingerprint density at radius 1 is 0.893 bits per heavy atom. The molecule has 0 amide bonds. The number of ether oxygens (including phenoxy) is 1. The Balaban J connectivity index is 1.89. The molecule has 28 heavy (non-hydrogen) atoms. The molecule has 5 rings (SSSR count). The fourth-order valence-corrected chi connectivity index (χ4v) is 3.58. The third kappa shape index (κ3) is 2.52. The van der Waals surface area contributed by atoms with E-state index >= 15 is 0 Å². The number of nitrogens with zero attached hydrogens (tertiary/aromatic N) is 2. The van der Waals surface area contributed by atoms with Gasteiger partial charge in [0.1, 0.15) is 23.9 Å². The molecule has 0 saturated carbocycles. The molecule has 0 aliphatic carbocycles. The van der Waals surface area contributed by atoms with E-state index in [1.54, 1.807) is 41.1 Å². The Bertz CT molecular complexity index is 1250. The average Bonchev–Trinajstić information content (AvgIpc) is 2.74. The highest BCUT2D eigenvalue weighted by Crippen LogP contribution is 2.37. The van der Waals surface area contributed by atoms with Gasteiger partial charge in [-0.3, -0.25) is 14.3 Å². The molecule has 2 aromatic heterocycles. The summed E-state index contributed by atoms with van der Waals surface area (Å²) in [5, 5.41) is 0. The van der Waals surface area contributed by atoms with Gasteiger partial charge in [-0.2, -0.15) is 0 Å². The molecule has 2 aromatic carbocycles. The largest absolute Gasteiger partial charge is 0.485 e. The lowest BCUT2D eigenvalue weighted by Gasteiger charge is -2.24. The van der Waals surface area contributed by atoms with Crippen molar-refractivity contribution in [3.63, 3.8) is 0 Å². The molecule has 4 nitrogen and oxygen atoms in total. The van der Waals surface area contributed by atoms with E-state index in [0.29, 0.717) is 28.4 Å². The molecule has 0 bridgehead atoms. The SMILES string of the molecule is O=c1c(-c2ccccc2F)cc2c(n1-c1ccccc1)COc1cccnc1-2. The van der Waals surface area contributed by atoms with Crippen molar-refractivity contribution in [3.05, 3.63) is 101 Å². The maximum Gasteiger partial charge on any atom is 0.263 e. The van der Waals surface area contributed by atoms with Crippen molar-refractivity contribution < 1.29 is 9.13 Å². The summed E-state index contributed by atoms with van der Waals surface area (Å²) in [6.07, 6.45) is 1.68. The van der Waals surface area contributed by atoms with Crippen LogP contribution in [0.25, 0.3) is 28.1 Å². The number of para-hydroxylation sites is 1. The minimum Gasteiger partial charge on any atom is -0.485 e. The van der Waals surface area contributed by atoms with E-state index in [9.17, 15) is 9.18 Å². The molecule has 5 heteroatoms. The van der Waals surface area contributed by atoms with Gasteiger partial charge in [-0.05, 0) is 36.4 Å².